The van der Waals surface area contributed by atoms with E-state index in [4.69, 9.17) is 10.5 Å². The second-order valence-electron chi connectivity index (χ2n) is 4.09. The van der Waals surface area contributed by atoms with E-state index in [1.54, 1.807) is 7.11 Å². The molecule has 0 saturated heterocycles. The molecule has 0 aliphatic heterocycles. The van der Waals surface area contributed by atoms with Gasteiger partial charge in [0.25, 0.3) is 0 Å². The Bertz CT molecular complexity index is 191. The number of carbonyl (C=O) groups excluding carboxylic acids is 1. The van der Waals surface area contributed by atoms with Gasteiger partial charge in [-0.05, 0) is 37.7 Å². The predicted octanol–water partition coefficient (Wildman–Crippen LogP) is 1.39. The van der Waals surface area contributed by atoms with Crippen molar-refractivity contribution < 1.29 is 9.53 Å². The first-order chi connectivity index (χ1) is 8.22. The number of nitrogens with two attached hydrogens (primary N) is 1. The largest absolute Gasteiger partial charge is 0.385 e. The highest BCUT2D eigenvalue weighted by Gasteiger charge is 2.11. The molecular formula is C12H26N2O2S. The molecule has 0 aromatic heterocycles. The molecule has 0 spiro atoms. The average Bonchev–Trinajstić information content (AvgIpc) is 2.33. The summed E-state index contributed by atoms with van der Waals surface area (Å²) in [4.78, 5) is 11.5. The van der Waals surface area contributed by atoms with Crippen LogP contribution in [0.15, 0.2) is 0 Å². The number of nitrogens with one attached hydrogen (secondary N) is 1. The monoisotopic (exact) mass is 262 g/mol. The van der Waals surface area contributed by atoms with Gasteiger partial charge in [0.15, 0.2) is 0 Å². The van der Waals surface area contributed by atoms with Crippen LogP contribution in [0.4, 0.5) is 0 Å². The normalized spacial score (nSPS) is 12.4. The van der Waals surface area contributed by atoms with Crippen molar-refractivity contribution in [2.45, 2.75) is 38.1 Å². The third-order valence-electron chi connectivity index (χ3n) is 2.52. The van der Waals surface area contributed by atoms with Crippen LogP contribution in [-0.4, -0.2) is 44.2 Å². The Labute approximate surface area is 109 Å². The van der Waals surface area contributed by atoms with Crippen LogP contribution < -0.4 is 11.1 Å². The molecule has 1 amide bonds. The molecule has 0 fully saturated rings. The lowest BCUT2D eigenvalue weighted by molar-refractivity contribution is -0.122. The van der Waals surface area contributed by atoms with Gasteiger partial charge in [-0.15, -0.1) is 0 Å². The summed E-state index contributed by atoms with van der Waals surface area (Å²) in [6, 6.07) is -0.392. The number of carbonyl (C=O) groups is 1. The van der Waals surface area contributed by atoms with Crippen molar-refractivity contribution in [2.24, 2.45) is 5.73 Å². The van der Waals surface area contributed by atoms with Crippen molar-refractivity contribution in [1.82, 2.24) is 5.32 Å². The lowest BCUT2D eigenvalue weighted by Crippen LogP contribution is -2.41. The third kappa shape index (κ3) is 10.6. The Kier molecular flexibility index (Phi) is 12.0. The van der Waals surface area contributed by atoms with Gasteiger partial charge >= 0.3 is 0 Å². The average molecular weight is 262 g/mol. The van der Waals surface area contributed by atoms with Crippen LogP contribution in [0.1, 0.15) is 32.1 Å². The molecule has 0 aromatic carbocycles. The second kappa shape index (κ2) is 12.2. The van der Waals surface area contributed by atoms with Gasteiger partial charge in [0.05, 0.1) is 6.04 Å². The minimum Gasteiger partial charge on any atom is -0.385 e. The van der Waals surface area contributed by atoms with Gasteiger partial charge in [-0.3, -0.25) is 4.79 Å². The van der Waals surface area contributed by atoms with Crippen LogP contribution in [0.5, 0.6) is 0 Å². The highest BCUT2D eigenvalue weighted by atomic mass is 32.2. The number of amides is 1. The molecule has 3 N–H and O–H groups in total. The number of ether oxygens (including phenoxy) is 1. The molecule has 5 heteroatoms. The van der Waals surface area contributed by atoms with Crippen LogP contribution in [0.3, 0.4) is 0 Å². The van der Waals surface area contributed by atoms with Crippen LogP contribution in [0.2, 0.25) is 0 Å². The van der Waals surface area contributed by atoms with E-state index < -0.39 is 6.04 Å². The molecule has 0 radical (unpaired) electrons. The van der Waals surface area contributed by atoms with E-state index >= 15 is 0 Å². The molecule has 17 heavy (non-hydrogen) atoms. The number of hydrogen-bond donors (Lipinski definition) is 2. The van der Waals surface area contributed by atoms with Crippen molar-refractivity contribution in [3.8, 4) is 0 Å². The maximum Gasteiger partial charge on any atom is 0.236 e. The molecule has 0 saturated carbocycles. The third-order valence-corrected chi connectivity index (χ3v) is 3.22. The van der Waals surface area contributed by atoms with Crippen molar-refractivity contribution >= 4 is 17.7 Å². The van der Waals surface area contributed by atoms with E-state index in [1.807, 2.05) is 11.8 Å². The van der Waals surface area contributed by atoms with E-state index in [9.17, 15) is 4.79 Å². The van der Waals surface area contributed by atoms with Gasteiger partial charge in [-0.2, -0.15) is 11.8 Å². The summed E-state index contributed by atoms with van der Waals surface area (Å²) in [5.74, 6) is 1.16. The smallest absolute Gasteiger partial charge is 0.236 e. The summed E-state index contributed by atoms with van der Waals surface area (Å²) in [6.07, 6.45) is 7.06. The van der Waals surface area contributed by atoms with E-state index in [0.717, 1.165) is 19.4 Å². The number of hydrogen-bond acceptors (Lipinski definition) is 4. The summed E-state index contributed by atoms with van der Waals surface area (Å²) in [5, 5.41) is 2.87. The molecule has 4 nitrogen and oxygen atoms in total. The Morgan fingerprint density at radius 2 is 2.12 bits per heavy atom. The zero-order valence-corrected chi connectivity index (χ0v) is 11.9. The lowest BCUT2D eigenvalue weighted by atomic mass is 10.1. The van der Waals surface area contributed by atoms with Crippen molar-refractivity contribution in [2.75, 3.05) is 32.3 Å². The zero-order chi connectivity index (χ0) is 12.9. The molecule has 0 aromatic rings. The second-order valence-corrected chi connectivity index (χ2v) is 5.07. The van der Waals surface area contributed by atoms with E-state index in [0.29, 0.717) is 13.0 Å². The number of thioether (sulfide) groups is 1. The Hall–Kier alpha value is -0.260. The summed E-state index contributed by atoms with van der Waals surface area (Å²) in [5.41, 5.74) is 5.75. The zero-order valence-electron chi connectivity index (χ0n) is 11.0. The molecule has 102 valence electrons. The lowest BCUT2D eigenvalue weighted by Gasteiger charge is -2.11. The van der Waals surface area contributed by atoms with Gasteiger partial charge in [0, 0.05) is 20.3 Å². The van der Waals surface area contributed by atoms with Crippen LogP contribution in [-0.2, 0) is 9.53 Å². The predicted molar refractivity (Wildman–Crippen MR) is 74.3 cm³/mol. The topological polar surface area (TPSA) is 64.3 Å². The molecule has 0 bridgehead atoms. The Morgan fingerprint density at radius 1 is 1.35 bits per heavy atom. The van der Waals surface area contributed by atoms with E-state index in [1.165, 1.54) is 18.6 Å². The molecule has 0 aliphatic rings. The summed E-state index contributed by atoms with van der Waals surface area (Å²) >= 11 is 1.86. The fourth-order valence-electron chi connectivity index (χ4n) is 1.47. The maximum atomic E-state index is 11.5. The van der Waals surface area contributed by atoms with Gasteiger partial charge in [0.1, 0.15) is 0 Å². The highest BCUT2D eigenvalue weighted by molar-refractivity contribution is 7.98. The number of unbranched alkanes of at least 4 members (excludes halogenated alkanes) is 2. The minimum absolute atomic E-state index is 0.0361. The Balaban J connectivity index is 3.37. The number of rotatable bonds is 11. The molecule has 1 atom stereocenters. The highest BCUT2D eigenvalue weighted by Crippen LogP contribution is 2.01. The van der Waals surface area contributed by atoms with Crippen molar-refractivity contribution in [3.63, 3.8) is 0 Å². The Morgan fingerprint density at radius 3 is 2.76 bits per heavy atom. The molecule has 0 rings (SSSR count). The van der Waals surface area contributed by atoms with Gasteiger partial charge < -0.3 is 15.8 Å². The van der Waals surface area contributed by atoms with E-state index in [-0.39, 0.29) is 5.91 Å². The van der Waals surface area contributed by atoms with Gasteiger partial charge in [0.2, 0.25) is 5.91 Å². The number of methoxy groups -OCH3 is 1. The molecular weight excluding hydrogens is 236 g/mol. The standard InChI is InChI=1S/C12H26N2O2S/c1-16-9-6-7-11(13)12(15)14-8-4-3-5-10-17-2/h11H,3-10,13H2,1-2H3,(H,14,15). The summed E-state index contributed by atoms with van der Waals surface area (Å²) < 4.78 is 4.92. The fourth-order valence-corrected chi connectivity index (χ4v) is 1.96. The SMILES string of the molecule is COCCCC(N)C(=O)NCCCCCSC. The first-order valence-corrected chi connectivity index (χ1v) is 7.63. The quantitative estimate of drug-likeness (QED) is 0.552. The summed E-state index contributed by atoms with van der Waals surface area (Å²) in [6.45, 7) is 1.40. The van der Waals surface area contributed by atoms with Crippen molar-refractivity contribution in [3.05, 3.63) is 0 Å². The van der Waals surface area contributed by atoms with Gasteiger partial charge in [-0.25, -0.2) is 0 Å². The van der Waals surface area contributed by atoms with Gasteiger partial charge in [-0.1, -0.05) is 6.42 Å². The van der Waals surface area contributed by atoms with Crippen LogP contribution in [0.25, 0.3) is 0 Å². The first-order valence-electron chi connectivity index (χ1n) is 6.23. The van der Waals surface area contributed by atoms with E-state index in [2.05, 4.69) is 11.6 Å². The maximum absolute atomic E-state index is 11.5. The minimum atomic E-state index is -0.392. The van der Waals surface area contributed by atoms with Crippen LogP contribution >= 0.6 is 11.8 Å². The van der Waals surface area contributed by atoms with Crippen LogP contribution in [0, 0.1) is 0 Å². The molecule has 1 unspecified atom stereocenters. The van der Waals surface area contributed by atoms with Crippen molar-refractivity contribution in [1.29, 1.82) is 0 Å². The molecule has 0 aliphatic carbocycles. The molecule has 0 heterocycles. The first kappa shape index (κ1) is 16.7. The fraction of sp³-hybridized carbons (Fsp3) is 0.917. The summed E-state index contributed by atoms with van der Waals surface area (Å²) in [7, 11) is 1.65.